The van der Waals surface area contributed by atoms with Crippen molar-refractivity contribution < 1.29 is 28.0 Å². The molecule has 43 heavy (non-hydrogen) atoms. The first-order chi connectivity index (χ1) is 20.3. The van der Waals surface area contributed by atoms with Crippen LogP contribution >= 0.6 is 0 Å². The number of piperazine rings is 1. The molecule has 0 radical (unpaired) electrons. The predicted octanol–water partition coefficient (Wildman–Crippen LogP) is 3.74. The highest BCUT2D eigenvalue weighted by molar-refractivity contribution is 5.99. The van der Waals surface area contributed by atoms with E-state index in [1.807, 2.05) is 14.0 Å². The van der Waals surface area contributed by atoms with Crippen LogP contribution in [0.4, 0.5) is 14.5 Å². The van der Waals surface area contributed by atoms with Gasteiger partial charge in [0.25, 0.3) is 5.91 Å². The quantitative estimate of drug-likeness (QED) is 0.378. The zero-order valence-electron chi connectivity index (χ0n) is 26.1. The second kappa shape index (κ2) is 13.7. The number of benzene rings is 1. The average Bonchev–Trinajstić information content (AvgIpc) is 3.75. The Balaban J connectivity index is 1.50. The van der Waals surface area contributed by atoms with Gasteiger partial charge in [-0.2, -0.15) is 0 Å². The Kier molecular flexibility index (Phi) is 10.5. The molecule has 0 unspecified atom stereocenters. The van der Waals surface area contributed by atoms with E-state index in [0.29, 0.717) is 44.0 Å². The third kappa shape index (κ3) is 7.91. The molecule has 11 heteroatoms. The molecular weight excluding hydrogens is 556 g/mol. The Morgan fingerprint density at radius 2 is 1.72 bits per heavy atom. The van der Waals surface area contributed by atoms with E-state index in [0.717, 1.165) is 12.8 Å². The number of hydrogen-bond donors (Lipinski definition) is 3. The molecule has 4 rings (SSSR count). The summed E-state index contributed by atoms with van der Waals surface area (Å²) < 4.78 is 30.0. The lowest BCUT2D eigenvalue weighted by Crippen LogP contribution is -2.58. The third-order valence-corrected chi connectivity index (χ3v) is 9.65. The van der Waals surface area contributed by atoms with E-state index in [-0.39, 0.29) is 48.7 Å². The molecule has 0 spiro atoms. The van der Waals surface area contributed by atoms with Crippen molar-refractivity contribution in [2.45, 2.75) is 102 Å². The van der Waals surface area contributed by atoms with E-state index in [1.54, 1.807) is 24.8 Å². The molecule has 0 aromatic heterocycles. The Morgan fingerprint density at radius 3 is 2.30 bits per heavy atom. The van der Waals surface area contributed by atoms with Crippen molar-refractivity contribution >= 4 is 29.3 Å². The van der Waals surface area contributed by atoms with Gasteiger partial charge in [0.1, 0.15) is 17.9 Å². The molecule has 3 aliphatic rings. The zero-order valence-corrected chi connectivity index (χ0v) is 26.1. The summed E-state index contributed by atoms with van der Waals surface area (Å²) in [7, 11) is 2.00. The number of likely N-dealkylation sites (N-methyl/N-ethyl adjacent to an activating group) is 1. The van der Waals surface area contributed by atoms with Crippen molar-refractivity contribution in [1.29, 1.82) is 0 Å². The van der Waals surface area contributed by atoms with E-state index < -0.39 is 41.3 Å². The van der Waals surface area contributed by atoms with Crippen molar-refractivity contribution in [3.8, 4) is 0 Å². The fourth-order valence-corrected chi connectivity index (χ4v) is 6.06. The molecule has 0 bridgehead atoms. The van der Waals surface area contributed by atoms with Crippen molar-refractivity contribution in [2.75, 3.05) is 32.0 Å². The highest BCUT2D eigenvalue weighted by atomic mass is 19.1. The van der Waals surface area contributed by atoms with Gasteiger partial charge in [-0.15, -0.1) is 0 Å². The smallest absolute Gasteiger partial charge is 0.258 e. The molecule has 2 aliphatic carbocycles. The van der Waals surface area contributed by atoms with E-state index in [2.05, 4.69) is 27.8 Å². The zero-order chi connectivity index (χ0) is 31.5. The van der Waals surface area contributed by atoms with Crippen molar-refractivity contribution in [3.05, 3.63) is 29.6 Å². The first kappa shape index (κ1) is 32.8. The number of carbonyl (C=O) groups is 4. The highest BCUT2D eigenvalue weighted by Gasteiger charge is 2.52. The van der Waals surface area contributed by atoms with Gasteiger partial charge >= 0.3 is 0 Å². The van der Waals surface area contributed by atoms with E-state index in [1.165, 1.54) is 12.1 Å². The molecule has 1 saturated heterocycles. The summed E-state index contributed by atoms with van der Waals surface area (Å²) in [6.45, 7) is 9.43. The summed E-state index contributed by atoms with van der Waals surface area (Å²) in [5.74, 6) is -2.76. The number of halogens is 2. The summed E-state index contributed by atoms with van der Waals surface area (Å²) in [5.41, 5.74) is -1.50. The molecule has 2 saturated carbocycles. The monoisotopic (exact) mass is 603 g/mol. The molecule has 4 atom stereocenters. The number of amides is 4. The molecule has 1 aromatic rings. The van der Waals surface area contributed by atoms with Crippen LogP contribution in [0, 0.1) is 17.7 Å². The second-order valence-electron chi connectivity index (χ2n) is 13.0. The van der Waals surface area contributed by atoms with Crippen LogP contribution in [-0.2, 0) is 19.2 Å². The maximum atomic E-state index is 15.5. The minimum Gasteiger partial charge on any atom is -0.344 e. The van der Waals surface area contributed by atoms with Crippen molar-refractivity contribution in [1.82, 2.24) is 20.4 Å². The van der Waals surface area contributed by atoms with Crippen LogP contribution in [0.5, 0.6) is 0 Å². The summed E-state index contributed by atoms with van der Waals surface area (Å²) in [6, 6.07) is 2.64. The number of alkyl halides is 1. The van der Waals surface area contributed by atoms with E-state index >= 15 is 4.39 Å². The Hall–Kier alpha value is -3.08. The summed E-state index contributed by atoms with van der Waals surface area (Å²) >= 11 is 0. The lowest BCUT2D eigenvalue weighted by atomic mass is 9.79. The van der Waals surface area contributed by atoms with Gasteiger partial charge in [0.15, 0.2) is 5.67 Å². The number of hydrogen-bond acceptors (Lipinski definition) is 5. The molecule has 3 N–H and O–H groups in total. The molecule has 1 heterocycles. The lowest BCUT2D eigenvalue weighted by molar-refractivity contribution is -0.139. The Morgan fingerprint density at radius 1 is 1.05 bits per heavy atom. The molecule has 3 fully saturated rings. The van der Waals surface area contributed by atoms with Gasteiger partial charge < -0.3 is 25.8 Å². The summed E-state index contributed by atoms with van der Waals surface area (Å²) in [4.78, 5) is 55.9. The summed E-state index contributed by atoms with van der Waals surface area (Å²) in [5, 5.41) is 8.08. The largest absolute Gasteiger partial charge is 0.344 e. The van der Waals surface area contributed by atoms with Gasteiger partial charge in [-0.1, -0.05) is 39.7 Å². The highest BCUT2D eigenvalue weighted by Crippen LogP contribution is 2.40. The normalized spacial score (nSPS) is 25.7. The number of carbonyl (C=O) groups excluding carboxylic acids is 4. The van der Waals surface area contributed by atoms with Gasteiger partial charge in [-0.25, -0.2) is 8.78 Å². The first-order valence-corrected chi connectivity index (χ1v) is 15.7. The van der Waals surface area contributed by atoms with Crippen LogP contribution in [0.2, 0.25) is 0 Å². The predicted molar refractivity (Wildman–Crippen MR) is 160 cm³/mol. The van der Waals surface area contributed by atoms with Crippen LogP contribution in [0.15, 0.2) is 18.2 Å². The minimum atomic E-state index is -1.92. The number of nitrogens with zero attached hydrogens (tertiary/aromatic N) is 2. The number of rotatable bonds is 10. The molecule has 238 valence electrons. The minimum absolute atomic E-state index is 0.0703. The molecule has 1 aromatic carbocycles. The molecular formula is C32H47F2N5O4. The molecule has 4 amide bonds. The Bertz CT molecular complexity index is 1200. The maximum absolute atomic E-state index is 15.5. The number of nitrogens with one attached hydrogen (secondary N) is 3. The third-order valence-electron chi connectivity index (χ3n) is 9.65. The van der Waals surface area contributed by atoms with Gasteiger partial charge in [-0.05, 0) is 69.2 Å². The summed E-state index contributed by atoms with van der Waals surface area (Å²) in [6.07, 6.45) is 3.70. The fraction of sp³-hybridized carbons (Fsp3) is 0.688. The van der Waals surface area contributed by atoms with Crippen LogP contribution in [-0.4, -0.2) is 83.9 Å². The standard InChI is InChI=1S/C32H47F2N5O4/c1-6-26(40)36-27(30(42)39-16-15-38(5)20(3)18-39)21(4)23-11-12-25(24(33)17-23)35-29(41)28(22-9-7-19(2)8-10-22)37-31(43)32(34)13-14-32/h11-12,17,19-22,27-28H,6-10,13-16,18H2,1-5H3,(H,35,41)(H,36,40)(H,37,43)/t19?,20-,21+,22?,27-,28+/m1/s1. The van der Waals surface area contributed by atoms with Gasteiger partial charge in [-0.3, -0.25) is 19.2 Å². The second-order valence-corrected chi connectivity index (χ2v) is 13.0. The van der Waals surface area contributed by atoms with Gasteiger partial charge in [0.05, 0.1) is 5.69 Å². The van der Waals surface area contributed by atoms with E-state index in [4.69, 9.17) is 0 Å². The van der Waals surface area contributed by atoms with Crippen LogP contribution < -0.4 is 16.0 Å². The van der Waals surface area contributed by atoms with Gasteiger partial charge in [0, 0.05) is 38.0 Å². The average molecular weight is 604 g/mol. The van der Waals surface area contributed by atoms with E-state index in [9.17, 15) is 23.6 Å². The SMILES string of the molecule is CCC(=O)N[C@@H](C(=O)N1CCN(C)[C@H](C)C1)[C@@H](C)c1ccc(NC(=O)[C@@H](NC(=O)C2(F)CC2)C2CCC(C)CC2)c(F)c1. The van der Waals surface area contributed by atoms with Gasteiger partial charge in [0.2, 0.25) is 17.7 Å². The molecule has 1 aliphatic heterocycles. The van der Waals surface area contributed by atoms with Crippen molar-refractivity contribution in [3.63, 3.8) is 0 Å². The lowest BCUT2D eigenvalue weighted by Gasteiger charge is -2.40. The number of anilines is 1. The van der Waals surface area contributed by atoms with Crippen LogP contribution in [0.3, 0.4) is 0 Å². The maximum Gasteiger partial charge on any atom is 0.258 e. The van der Waals surface area contributed by atoms with Crippen LogP contribution in [0.25, 0.3) is 0 Å². The Labute approximate surface area is 253 Å². The van der Waals surface area contributed by atoms with Crippen molar-refractivity contribution in [2.24, 2.45) is 11.8 Å². The fourth-order valence-electron chi connectivity index (χ4n) is 6.06. The van der Waals surface area contributed by atoms with Crippen LogP contribution in [0.1, 0.15) is 84.1 Å². The first-order valence-electron chi connectivity index (χ1n) is 15.7. The topological polar surface area (TPSA) is 111 Å². The molecule has 9 nitrogen and oxygen atoms in total.